The monoisotopic (exact) mass is 488 g/mol. The highest BCUT2D eigenvalue weighted by atomic mass is 16.5. The van der Waals surface area contributed by atoms with E-state index in [0.717, 1.165) is 0 Å². The van der Waals surface area contributed by atoms with E-state index in [1.807, 2.05) is 0 Å². The number of hydrogen-bond acceptors (Lipinski definition) is 6. The Morgan fingerprint density at radius 3 is 2.36 bits per heavy atom. The lowest BCUT2D eigenvalue weighted by Gasteiger charge is -2.22. The number of hydrazine groups is 1. The van der Waals surface area contributed by atoms with Crippen molar-refractivity contribution >= 4 is 29.4 Å². The van der Waals surface area contributed by atoms with Gasteiger partial charge in [0.05, 0.1) is 7.11 Å². The van der Waals surface area contributed by atoms with E-state index in [0.29, 0.717) is 27.8 Å². The van der Waals surface area contributed by atoms with E-state index < -0.39 is 23.4 Å². The van der Waals surface area contributed by atoms with Crippen LogP contribution in [0.4, 0.5) is 10.5 Å². The Kier molecular flexibility index (Phi) is 6.86. The van der Waals surface area contributed by atoms with Crippen LogP contribution in [0.3, 0.4) is 0 Å². The molecule has 0 spiro atoms. The first-order chi connectivity index (χ1) is 17.3. The predicted molar refractivity (Wildman–Crippen MR) is 130 cm³/mol. The van der Waals surface area contributed by atoms with E-state index in [9.17, 15) is 19.2 Å². The van der Waals surface area contributed by atoms with Crippen molar-refractivity contribution < 1.29 is 28.7 Å². The van der Waals surface area contributed by atoms with Crippen LogP contribution in [-0.2, 0) is 15.1 Å². The van der Waals surface area contributed by atoms with Gasteiger partial charge in [0.25, 0.3) is 17.7 Å². The summed E-state index contributed by atoms with van der Waals surface area (Å²) in [6.45, 7) is 1.33. The number of amides is 5. The van der Waals surface area contributed by atoms with Gasteiger partial charge in [0, 0.05) is 17.3 Å². The van der Waals surface area contributed by atoms with Gasteiger partial charge in [-0.25, -0.2) is 4.79 Å². The van der Waals surface area contributed by atoms with E-state index >= 15 is 0 Å². The Balaban J connectivity index is 1.33. The maximum absolute atomic E-state index is 12.9. The third-order valence-electron chi connectivity index (χ3n) is 5.60. The maximum atomic E-state index is 12.9. The highest BCUT2D eigenvalue weighted by Gasteiger charge is 2.50. The number of carbonyl (C=O) groups excluding carboxylic acids is 4. The summed E-state index contributed by atoms with van der Waals surface area (Å²) in [5, 5.41) is 5.99. The molecule has 1 atom stereocenters. The minimum Gasteiger partial charge on any atom is -0.497 e. The number of benzene rings is 3. The molecule has 3 aromatic rings. The Bertz CT molecular complexity index is 1300. The predicted octanol–water partition coefficient (Wildman–Crippen LogP) is 2.82. The molecule has 10 heteroatoms. The van der Waals surface area contributed by atoms with Crippen LogP contribution in [0, 0.1) is 0 Å². The van der Waals surface area contributed by atoms with Gasteiger partial charge in [0.2, 0.25) is 0 Å². The number of hydrogen-bond donors (Lipinski definition) is 3. The number of rotatable bonds is 8. The van der Waals surface area contributed by atoms with Gasteiger partial charge in [-0.1, -0.05) is 36.4 Å². The Morgan fingerprint density at radius 2 is 1.67 bits per heavy atom. The molecule has 0 bridgehead atoms. The summed E-state index contributed by atoms with van der Waals surface area (Å²) in [5.74, 6) is -0.656. The number of methoxy groups -OCH3 is 1. The second kappa shape index (κ2) is 10.2. The molecular weight excluding hydrogens is 464 g/mol. The molecule has 1 aliphatic rings. The molecule has 3 aromatic carbocycles. The van der Waals surface area contributed by atoms with Crippen molar-refractivity contribution in [3.05, 3.63) is 90.0 Å². The fourth-order valence-electron chi connectivity index (χ4n) is 3.62. The van der Waals surface area contributed by atoms with Crippen LogP contribution in [0.5, 0.6) is 11.5 Å². The fourth-order valence-corrected chi connectivity index (χ4v) is 3.62. The smallest absolute Gasteiger partial charge is 0.344 e. The molecule has 10 nitrogen and oxygen atoms in total. The standard InChI is InChI=1S/C26H24N4O6/c1-26(18-7-4-3-5-8-18)24(33)30(25(34)28-26)29-23(32)17-11-13-20(14-12-17)36-16-22(31)27-19-9-6-10-21(15-19)35-2/h3-15H,16H2,1-2H3,(H,27,31)(H,28,34)(H,29,32)/t26-/m0/s1. The zero-order valence-electron chi connectivity index (χ0n) is 19.6. The molecule has 0 radical (unpaired) electrons. The molecule has 0 unspecified atom stereocenters. The maximum Gasteiger partial charge on any atom is 0.344 e. The third-order valence-corrected chi connectivity index (χ3v) is 5.60. The minimum absolute atomic E-state index is 0.192. The lowest BCUT2D eigenvalue weighted by Crippen LogP contribution is -2.47. The number of nitrogens with one attached hydrogen (secondary N) is 3. The van der Waals surface area contributed by atoms with Crippen molar-refractivity contribution in [2.45, 2.75) is 12.5 Å². The van der Waals surface area contributed by atoms with Crippen molar-refractivity contribution in [3.8, 4) is 11.5 Å². The van der Waals surface area contributed by atoms with Gasteiger partial charge >= 0.3 is 6.03 Å². The zero-order chi connectivity index (χ0) is 25.7. The van der Waals surface area contributed by atoms with E-state index in [1.54, 1.807) is 61.5 Å². The van der Waals surface area contributed by atoms with Gasteiger partial charge in [0.1, 0.15) is 17.0 Å². The van der Waals surface area contributed by atoms with Gasteiger partial charge in [-0.15, -0.1) is 0 Å². The SMILES string of the molecule is COc1cccc(NC(=O)COc2ccc(C(=O)NN3C(=O)N[C@@](C)(c4ccccc4)C3=O)cc2)c1. The fraction of sp³-hybridized carbons (Fsp3) is 0.154. The summed E-state index contributed by atoms with van der Waals surface area (Å²) in [5.41, 5.74) is 2.40. The molecule has 0 aliphatic carbocycles. The Hall–Kier alpha value is -4.86. The summed E-state index contributed by atoms with van der Waals surface area (Å²) < 4.78 is 10.6. The van der Waals surface area contributed by atoms with Crippen molar-refractivity contribution in [1.29, 1.82) is 0 Å². The quantitative estimate of drug-likeness (QED) is 0.419. The molecule has 1 aliphatic heterocycles. The molecule has 4 rings (SSSR count). The molecule has 1 fully saturated rings. The van der Waals surface area contributed by atoms with Crippen LogP contribution >= 0.6 is 0 Å². The van der Waals surface area contributed by atoms with Gasteiger partial charge in [-0.05, 0) is 48.9 Å². The van der Waals surface area contributed by atoms with Crippen molar-refractivity contribution in [3.63, 3.8) is 0 Å². The summed E-state index contributed by atoms with van der Waals surface area (Å²) in [4.78, 5) is 50.2. The van der Waals surface area contributed by atoms with Gasteiger partial charge in [0.15, 0.2) is 6.61 Å². The highest BCUT2D eigenvalue weighted by molar-refractivity contribution is 6.09. The Morgan fingerprint density at radius 1 is 0.944 bits per heavy atom. The van der Waals surface area contributed by atoms with Crippen LogP contribution in [0.15, 0.2) is 78.9 Å². The molecular formula is C26H24N4O6. The number of carbonyl (C=O) groups is 4. The third kappa shape index (κ3) is 5.12. The molecule has 0 aromatic heterocycles. The number of anilines is 1. The molecule has 3 N–H and O–H groups in total. The number of ether oxygens (including phenoxy) is 2. The lowest BCUT2D eigenvalue weighted by atomic mass is 9.92. The highest BCUT2D eigenvalue weighted by Crippen LogP contribution is 2.27. The number of nitrogens with zero attached hydrogens (tertiary/aromatic N) is 1. The normalized spacial score (nSPS) is 16.8. The summed E-state index contributed by atoms with van der Waals surface area (Å²) in [7, 11) is 1.54. The molecule has 184 valence electrons. The van der Waals surface area contributed by atoms with Crippen LogP contribution in [0.2, 0.25) is 0 Å². The van der Waals surface area contributed by atoms with Crippen molar-refractivity contribution in [2.75, 3.05) is 19.0 Å². The molecule has 0 saturated carbocycles. The molecule has 1 saturated heterocycles. The number of imide groups is 1. The second-order valence-electron chi connectivity index (χ2n) is 8.10. The zero-order valence-corrected chi connectivity index (χ0v) is 19.6. The number of urea groups is 1. The van der Waals surface area contributed by atoms with Gasteiger partial charge in [-0.3, -0.25) is 19.8 Å². The molecule has 1 heterocycles. The summed E-state index contributed by atoms with van der Waals surface area (Å²) >= 11 is 0. The average Bonchev–Trinajstić information content (AvgIpc) is 3.12. The van der Waals surface area contributed by atoms with E-state index in [4.69, 9.17) is 9.47 Å². The summed E-state index contributed by atoms with van der Waals surface area (Å²) in [6, 6.07) is 20.9. The molecule has 36 heavy (non-hydrogen) atoms. The first-order valence-corrected chi connectivity index (χ1v) is 11.0. The summed E-state index contributed by atoms with van der Waals surface area (Å²) in [6.07, 6.45) is 0. The van der Waals surface area contributed by atoms with Crippen LogP contribution in [0.25, 0.3) is 0 Å². The van der Waals surface area contributed by atoms with Crippen LogP contribution < -0.4 is 25.5 Å². The minimum atomic E-state index is -1.30. The van der Waals surface area contributed by atoms with E-state index in [-0.39, 0.29) is 18.1 Å². The van der Waals surface area contributed by atoms with E-state index in [2.05, 4.69) is 16.1 Å². The first kappa shape index (κ1) is 24.3. The second-order valence-corrected chi connectivity index (χ2v) is 8.10. The van der Waals surface area contributed by atoms with Gasteiger partial charge < -0.3 is 20.1 Å². The van der Waals surface area contributed by atoms with Crippen molar-refractivity contribution in [2.24, 2.45) is 0 Å². The van der Waals surface area contributed by atoms with Crippen LogP contribution in [-0.4, -0.2) is 42.5 Å². The first-order valence-electron chi connectivity index (χ1n) is 11.0. The van der Waals surface area contributed by atoms with Gasteiger partial charge in [-0.2, -0.15) is 5.01 Å². The van der Waals surface area contributed by atoms with Crippen LogP contribution in [0.1, 0.15) is 22.8 Å². The molecule has 5 amide bonds. The van der Waals surface area contributed by atoms with Crippen molar-refractivity contribution in [1.82, 2.24) is 15.8 Å². The topological polar surface area (TPSA) is 126 Å². The average molecular weight is 489 g/mol. The lowest BCUT2D eigenvalue weighted by molar-refractivity contribution is -0.132. The Labute approximate surface area is 207 Å². The van der Waals surface area contributed by atoms with E-state index in [1.165, 1.54) is 31.4 Å². The largest absolute Gasteiger partial charge is 0.497 e.